The van der Waals surface area contributed by atoms with Gasteiger partial charge in [-0.15, -0.1) is 0 Å². The van der Waals surface area contributed by atoms with Gasteiger partial charge in [-0.2, -0.15) is 0 Å². The maximum absolute atomic E-state index is 2.52. The van der Waals surface area contributed by atoms with E-state index in [0.717, 1.165) is 12.8 Å². The monoisotopic (exact) mass is 588 g/mol. The summed E-state index contributed by atoms with van der Waals surface area (Å²) in [4.78, 5) is 0. The minimum absolute atomic E-state index is 0. The molecule has 0 saturated carbocycles. The molecule has 5 heteroatoms. The minimum atomic E-state index is -1.43. The summed E-state index contributed by atoms with van der Waals surface area (Å²) in [6.07, 6.45) is 2.17. The number of allylic oxidation sites excluding steroid dienone is 4. The van der Waals surface area contributed by atoms with Crippen LogP contribution < -0.4 is 47.6 Å². The molecule has 1 unspecified atom stereocenters. The van der Waals surface area contributed by atoms with Crippen molar-refractivity contribution in [2.24, 2.45) is 0 Å². The fourth-order valence-electron chi connectivity index (χ4n) is 5.43. The zero-order chi connectivity index (χ0) is 23.6. The molecule has 1 atom stereocenters. The standard InChI is InChI=1S/C31H35Si.3ClH.Ti/c1-6-25-18-26(7-2)20-27(19-25)31-24(5)22(3)23(4)30(31)21-32(28-14-10-8-11-15-28)29-16-12-9-13-17-29;;;;/h8-20,32H,6-7,21H2,1-5H3;3*1H;/q;;;;+3/p-3. The van der Waals surface area contributed by atoms with Crippen molar-refractivity contribution in [3.8, 4) is 0 Å². The maximum Gasteiger partial charge on any atom is -1.00 e. The Bertz CT molecular complexity index is 1140. The zero-order valence-corrected chi connectivity index (χ0v) is 26.8. The second-order valence-electron chi connectivity index (χ2n) is 9.48. The molecule has 3 aromatic rings. The third-order valence-corrected chi connectivity index (χ3v) is 13.0. The first-order valence-corrected chi connectivity index (χ1v) is 15.0. The van der Waals surface area contributed by atoms with E-state index in [4.69, 9.17) is 0 Å². The fourth-order valence-corrected chi connectivity index (χ4v) is 10.6. The van der Waals surface area contributed by atoms with Gasteiger partial charge in [0.25, 0.3) is 0 Å². The van der Waals surface area contributed by atoms with Gasteiger partial charge in [0.2, 0.25) is 0 Å². The van der Waals surface area contributed by atoms with Gasteiger partial charge >= 0.3 is 215 Å². The van der Waals surface area contributed by atoms with Gasteiger partial charge in [-0.1, -0.05) is 0 Å². The van der Waals surface area contributed by atoms with E-state index >= 15 is 0 Å². The van der Waals surface area contributed by atoms with Crippen molar-refractivity contribution in [1.29, 1.82) is 0 Å². The van der Waals surface area contributed by atoms with Crippen LogP contribution in [-0.4, -0.2) is 8.80 Å². The number of benzene rings is 3. The second-order valence-corrected chi connectivity index (χ2v) is 13.7. The topological polar surface area (TPSA) is 0 Å². The first-order chi connectivity index (χ1) is 15.9. The molecule has 0 spiro atoms. The van der Waals surface area contributed by atoms with Crippen LogP contribution in [0.2, 0.25) is 9.76 Å². The van der Waals surface area contributed by atoms with Crippen LogP contribution in [0, 0.1) is 0 Å². The first-order valence-electron chi connectivity index (χ1n) is 12.3. The summed E-state index contributed by atoms with van der Waals surface area (Å²) in [5.74, 6) is 0. The van der Waals surface area contributed by atoms with Crippen molar-refractivity contribution in [1.82, 2.24) is 0 Å². The van der Waals surface area contributed by atoms with Gasteiger partial charge in [-0.05, 0) is 0 Å². The Labute approximate surface area is 250 Å². The Morgan fingerprint density at radius 2 is 1.11 bits per heavy atom. The van der Waals surface area contributed by atoms with Crippen molar-refractivity contribution in [2.45, 2.75) is 57.2 Å². The molecule has 0 N–H and O–H groups in total. The molecule has 4 rings (SSSR count). The molecule has 0 aliphatic heterocycles. The SMILES string of the molecule is CCc1cc(CC)cc(C2=C(C)C(C)=C(C)[C]2([Ti+3])C[SiH](c2ccccc2)c2ccccc2)c1.[Cl-].[Cl-].[Cl-]. The molecule has 0 bridgehead atoms. The third kappa shape index (κ3) is 6.49. The van der Waals surface area contributed by atoms with Gasteiger partial charge in [-0.3, -0.25) is 0 Å². The van der Waals surface area contributed by atoms with Gasteiger partial charge < -0.3 is 37.2 Å². The molecule has 188 valence electrons. The molecular weight excluding hydrogens is 555 g/mol. The molecular formula is C31H35Cl3SiTi. The molecule has 3 aromatic carbocycles. The summed E-state index contributed by atoms with van der Waals surface area (Å²) in [6.45, 7) is 11.6. The molecule has 1 aliphatic carbocycles. The van der Waals surface area contributed by atoms with Gasteiger partial charge in [0, 0.05) is 0 Å². The minimum Gasteiger partial charge on any atom is -1.00 e. The van der Waals surface area contributed by atoms with Crippen molar-refractivity contribution >= 4 is 24.7 Å². The maximum atomic E-state index is 2.52. The van der Waals surface area contributed by atoms with Crippen molar-refractivity contribution < 1.29 is 57.7 Å². The molecule has 0 nitrogen and oxygen atoms in total. The van der Waals surface area contributed by atoms with Crippen LogP contribution in [0.4, 0.5) is 0 Å². The van der Waals surface area contributed by atoms with Crippen LogP contribution in [0.5, 0.6) is 0 Å². The second kappa shape index (κ2) is 14.2. The molecule has 1 aliphatic rings. The van der Waals surface area contributed by atoms with E-state index in [1.54, 1.807) is 11.1 Å². The van der Waals surface area contributed by atoms with E-state index < -0.39 is 8.80 Å². The molecule has 36 heavy (non-hydrogen) atoms. The molecule has 0 radical (unpaired) electrons. The average molecular weight is 590 g/mol. The van der Waals surface area contributed by atoms with Crippen LogP contribution in [0.3, 0.4) is 0 Å². The van der Waals surface area contributed by atoms with Gasteiger partial charge in [0.1, 0.15) is 0 Å². The van der Waals surface area contributed by atoms with Crippen molar-refractivity contribution in [2.75, 3.05) is 0 Å². The fraction of sp³-hybridized carbons (Fsp3) is 0.290. The van der Waals surface area contributed by atoms with Crippen molar-refractivity contribution in [3.05, 3.63) is 112 Å². The molecule has 0 aromatic heterocycles. The number of hydrogen-bond acceptors (Lipinski definition) is 0. The zero-order valence-electron chi connectivity index (χ0n) is 21.8. The van der Waals surface area contributed by atoms with Crippen LogP contribution in [-0.2, 0) is 33.3 Å². The smallest absolute Gasteiger partial charge is 1.00 e. The average Bonchev–Trinajstić information content (AvgIpc) is 3.03. The third-order valence-electron chi connectivity index (χ3n) is 7.64. The van der Waals surface area contributed by atoms with Gasteiger partial charge in [0.05, 0.1) is 0 Å². The Kier molecular flexibility index (Phi) is 13.0. The normalized spacial score (nSPS) is 17.0. The number of rotatable bonds is 7. The Balaban J connectivity index is 0.00000216. The number of aryl methyl sites for hydroxylation is 2. The van der Waals surface area contributed by atoms with E-state index in [1.807, 2.05) is 0 Å². The summed E-state index contributed by atoms with van der Waals surface area (Å²) < 4.78 is 0.0497. The molecule has 0 saturated heterocycles. The summed E-state index contributed by atoms with van der Waals surface area (Å²) in [6, 6.07) is 31.1. The molecule has 0 fully saturated rings. The summed E-state index contributed by atoms with van der Waals surface area (Å²) >= 11 is 2.52. The van der Waals surface area contributed by atoms with Gasteiger partial charge in [0.15, 0.2) is 0 Å². The van der Waals surface area contributed by atoms with Crippen molar-refractivity contribution in [3.63, 3.8) is 0 Å². The number of halogens is 3. The van der Waals surface area contributed by atoms with Crippen LogP contribution >= 0.6 is 0 Å². The Morgan fingerprint density at radius 1 is 0.667 bits per heavy atom. The van der Waals surface area contributed by atoms with E-state index in [0.29, 0.717) is 0 Å². The largest absolute Gasteiger partial charge is 1.00 e. The molecule has 0 amide bonds. The Hall–Kier alpha value is -1.06. The summed E-state index contributed by atoms with van der Waals surface area (Å²) in [7, 11) is -1.43. The molecule has 0 heterocycles. The first kappa shape index (κ1) is 33.0. The van der Waals surface area contributed by atoms with E-state index in [1.165, 1.54) is 44.3 Å². The van der Waals surface area contributed by atoms with E-state index in [-0.39, 0.29) is 40.9 Å². The van der Waals surface area contributed by atoms with E-state index in [9.17, 15) is 0 Å². The van der Waals surface area contributed by atoms with Gasteiger partial charge in [-0.25, -0.2) is 0 Å². The summed E-state index contributed by atoms with van der Waals surface area (Å²) in [5, 5.41) is 3.08. The number of hydrogen-bond donors (Lipinski definition) is 0. The van der Waals surface area contributed by atoms with Crippen LogP contribution in [0.25, 0.3) is 5.57 Å². The predicted molar refractivity (Wildman–Crippen MR) is 143 cm³/mol. The van der Waals surface area contributed by atoms with Crippen LogP contribution in [0.1, 0.15) is 51.3 Å². The summed E-state index contributed by atoms with van der Waals surface area (Å²) in [5.41, 5.74) is 10.4. The quantitative estimate of drug-likeness (QED) is 0.272. The predicted octanol–water partition coefficient (Wildman–Crippen LogP) is -2.31. The van der Waals surface area contributed by atoms with Crippen LogP contribution in [0.15, 0.2) is 95.6 Å². The van der Waals surface area contributed by atoms with E-state index in [2.05, 4.69) is 134 Å². The Morgan fingerprint density at radius 3 is 1.53 bits per heavy atom.